The van der Waals surface area contributed by atoms with Crippen LogP contribution < -0.4 is 10.6 Å². The third-order valence-electron chi connectivity index (χ3n) is 9.71. The van der Waals surface area contributed by atoms with Crippen molar-refractivity contribution < 1.29 is 29.0 Å². The highest BCUT2D eigenvalue weighted by atomic mass is 16.5. The van der Waals surface area contributed by atoms with Crippen molar-refractivity contribution >= 4 is 23.4 Å². The number of benzene rings is 2. The van der Waals surface area contributed by atoms with Crippen molar-refractivity contribution in [3.63, 3.8) is 0 Å². The molecule has 2 aromatic carbocycles. The van der Waals surface area contributed by atoms with Crippen molar-refractivity contribution in [3.05, 3.63) is 66.2 Å². The van der Waals surface area contributed by atoms with Crippen LogP contribution in [0.4, 0.5) is 5.69 Å². The lowest BCUT2D eigenvalue weighted by Gasteiger charge is -2.37. The molecule has 3 amide bonds. The fourth-order valence-corrected chi connectivity index (χ4v) is 7.72. The van der Waals surface area contributed by atoms with Gasteiger partial charge >= 0.3 is 0 Å². The summed E-state index contributed by atoms with van der Waals surface area (Å²) >= 11 is 0. The number of fused-ring (bicyclic) bond motifs is 1. The molecule has 10 heteroatoms. The topological polar surface area (TPSA) is 120 Å². The zero-order valence-corrected chi connectivity index (χ0v) is 24.0. The smallest absolute Gasteiger partial charge is 0.245 e. The van der Waals surface area contributed by atoms with Gasteiger partial charge in [-0.1, -0.05) is 55.5 Å². The Morgan fingerprint density at radius 3 is 2.38 bits per heavy atom. The third kappa shape index (κ3) is 4.80. The number of para-hydroxylation sites is 1. The molecule has 10 nitrogen and oxygen atoms in total. The fourth-order valence-electron chi connectivity index (χ4n) is 7.72. The minimum Gasteiger partial charge on any atom is -0.394 e. The highest BCUT2D eigenvalue weighted by molar-refractivity contribution is 6.02. The number of ether oxygens (including phenoxy) is 2. The van der Waals surface area contributed by atoms with E-state index in [2.05, 4.69) is 15.5 Å². The Bertz CT molecular complexity index is 1290. The predicted molar refractivity (Wildman–Crippen MR) is 155 cm³/mol. The van der Waals surface area contributed by atoms with Crippen molar-refractivity contribution in [2.24, 2.45) is 11.8 Å². The molecule has 0 saturated carbocycles. The van der Waals surface area contributed by atoms with E-state index < -0.39 is 35.1 Å². The van der Waals surface area contributed by atoms with Crippen molar-refractivity contribution in [2.75, 3.05) is 51.3 Å². The number of nitrogens with one attached hydrogen (secondary N) is 2. The molecule has 1 spiro atoms. The van der Waals surface area contributed by atoms with Crippen LogP contribution in [0.1, 0.15) is 37.8 Å². The summed E-state index contributed by atoms with van der Waals surface area (Å²) in [5.74, 6) is -2.54. The van der Waals surface area contributed by atoms with E-state index in [1.807, 2.05) is 67.6 Å². The van der Waals surface area contributed by atoms with E-state index in [1.54, 1.807) is 0 Å². The summed E-state index contributed by atoms with van der Waals surface area (Å²) in [5.41, 5.74) is -0.653. The number of amides is 3. The lowest BCUT2D eigenvalue weighted by atomic mass is 9.65. The third-order valence-corrected chi connectivity index (χ3v) is 9.71. The van der Waals surface area contributed by atoms with E-state index in [-0.39, 0.29) is 24.3 Å². The van der Waals surface area contributed by atoms with Crippen molar-refractivity contribution in [1.82, 2.24) is 15.1 Å². The quantitative estimate of drug-likeness (QED) is 0.396. The second kappa shape index (κ2) is 11.8. The molecule has 224 valence electrons. The van der Waals surface area contributed by atoms with Crippen LogP contribution in [0.2, 0.25) is 0 Å². The van der Waals surface area contributed by atoms with Crippen LogP contribution in [0.3, 0.4) is 0 Å². The predicted octanol–water partition coefficient (Wildman–Crippen LogP) is 1.96. The molecule has 6 rings (SSSR count). The summed E-state index contributed by atoms with van der Waals surface area (Å²) < 4.78 is 12.3. The maximum absolute atomic E-state index is 14.6. The number of aliphatic hydroxyl groups is 1. The molecule has 0 aromatic heterocycles. The number of carbonyl (C=O) groups excluding carboxylic acids is 3. The van der Waals surface area contributed by atoms with E-state index in [0.717, 1.165) is 18.7 Å². The molecule has 6 atom stereocenters. The van der Waals surface area contributed by atoms with Gasteiger partial charge in [-0.2, -0.15) is 0 Å². The highest BCUT2D eigenvalue weighted by Gasteiger charge is 2.79. The SMILES string of the molecule is CC[C@@]12CCC3(O1)C(C(=O)NCCN1CCOCC1)N([C@H](CO)c1ccccc1)C(=O)[C@@H]3[C@@H]2C(=O)Nc1ccccc1. The normalized spacial score (nSPS) is 31.1. The zero-order valence-electron chi connectivity index (χ0n) is 24.0. The molecule has 42 heavy (non-hydrogen) atoms. The van der Waals surface area contributed by atoms with E-state index in [9.17, 15) is 19.5 Å². The van der Waals surface area contributed by atoms with Gasteiger partial charge in [0.2, 0.25) is 17.7 Å². The molecule has 4 aliphatic rings. The summed E-state index contributed by atoms with van der Waals surface area (Å²) in [6, 6.07) is 16.7. The first-order valence-corrected chi connectivity index (χ1v) is 15.1. The van der Waals surface area contributed by atoms with Crippen molar-refractivity contribution in [2.45, 2.75) is 49.5 Å². The first-order valence-electron chi connectivity index (χ1n) is 15.1. The average Bonchev–Trinajstić information content (AvgIpc) is 3.63. The maximum Gasteiger partial charge on any atom is 0.245 e. The van der Waals surface area contributed by atoms with Crippen LogP contribution in [0.15, 0.2) is 60.7 Å². The van der Waals surface area contributed by atoms with Crippen LogP contribution in [-0.4, -0.2) is 95.9 Å². The molecule has 0 radical (unpaired) electrons. The summed E-state index contributed by atoms with van der Waals surface area (Å²) in [7, 11) is 0. The van der Waals surface area contributed by atoms with Crippen LogP contribution in [0, 0.1) is 11.8 Å². The number of likely N-dealkylation sites (tertiary alicyclic amines) is 1. The molecule has 2 bridgehead atoms. The summed E-state index contributed by atoms with van der Waals surface area (Å²) in [6.45, 7) is 5.61. The fraction of sp³-hybridized carbons (Fsp3) is 0.531. The van der Waals surface area contributed by atoms with Gasteiger partial charge in [0.15, 0.2) is 0 Å². The average molecular weight is 577 g/mol. The number of hydrogen-bond donors (Lipinski definition) is 3. The van der Waals surface area contributed by atoms with Crippen LogP contribution in [0.5, 0.6) is 0 Å². The second-order valence-electron chi connectivity index (χ2n) is 11.8. The lowest BCUT2D eigenvalue weighted by molar-refractivity contribution is -0.150. The monoisotopic (exact) mass is 576 g/mol. The summed E-state index contributed by atoms with van der Waals surface area (Å²) in [6.07, 6.45) is 1.59. The van der Waals surface area contributed by atoms with Gasteiger partial charge in [0.1, 0.15) is 11.6 Å². The number of carbonyl (C=O) groups is 3. The Balaban J connectivity index is 1.35. The minimum atomic E-state index is -1.17. The first kappa shape index (κ1) is 28.8. The number of rotatable bonds is 10. The first-order chi connectivity index (χ1) is 20.4. The van der Waals surface area contributed by atoms with Gasteiger partial charge in [-0.15, -0.1) is 0 Å². The van der Waals surface area contributed by atoms with Gasteiger partial charge in [-0.3, -0.25) is 19.3 Å². The minimum absolute atomic E-state index is 0.281. The second-order valence-corrected chi connectivity index (χ2v) is 11.8. The molecule has 4 heterocycles. The largest absolute Gasteiger partial charge is 0.394 e. The molecule has 2 unspecified atom stereocenters. The molecular formula is C32H40N4O6. The number of nitrogens with zero attached hydrogens (tertiary/aromatic N) is 2. The Morgan fingerprint density at radius 2 is 1.71 bits per heavy atom. The summed E-state index contributed by atoms with van der Waals surface area (Å²) in [5, 5.41) is 16.7. The Kier molecular flexibility index (Phi) is 8.06. The standard InChI is InChI=1S/C32H40N4O6/c1-2-31-13-14-32(42-31)26(25(31)28(38)34-23-11-7-4-8-12-23)30(40)36(24(21-37)22-9-5-3-6-10-22)27(32)29(39)33-15-16-35-17-19-41-20-18-35/h3-12,24-27,37H,2,13-21H2,1H3,(H,33,39)(H,34,38)/t24-,25-,26+,27?,31+,32?/m1/s1. The van der Waals surface area contributed by atoms with Gasteiger partial charge in [-0.25, -0.2) is 0 Å². The summed E-state index contributed by atoms with van der Waals surface area (Å²) in [4.78, 5) is 46.4. The van der Waals surface area contributed by atoms with E-state index in [1.165, 1.54) is 4.90 Å². The zero-order chi connectivity index (χ0) is 29.3. The van der Waals surface area contributed by atoms with Gasteiger partial charge in [0, 0.05) is 31.9 Å². The van der Waals surface area contributed by atoms with Gasteiger partial charge < -0.3 is 30.1 Å². The van der Waals surface area contributed by atoms with Crippen LogP contribution in [0.25, 0.3) is 0 Å². The maximum atomic E-state index is 14.6. The molecule has 3 N–H and O–H groups in total. The Hall–Kier alpha value is -3.31. The number of anilines is 1. The van der Waals surface area contributed by atoms with Gasteiger partial charge in [0.05, 0.1) is 43.3 Å². The van der Waals surface area contributed by atoms with Crippen molar-refractivity contribution in [1.29, 1.82) is 0 Å². The van der Waals surface area contributed by atoms with E-state index in [0.29, 0.717) is 51.3 Å². The van der Waals surface area contributed by atoms with Crippen molar-refractivity contribution in [3.8, 4) is 0 Å². The van der Waals surface area contributed by atoms with Gasteiger partial charge in [0.25, 0.3) is 0 Å². The number of hydrogen-bond acceptors (Lipinski definition) is 7. The lowest BCUT2D eigenvalue weighted by Crippen LogP contribution is -2.57. The molecule has 4 fully saturated rings. The van der Waals surface area contributed by atoms with Crippen LogP contribution >= 0.6 is 0 Å². The van der Waals surface area contributed by atoms with E-state index in [4.69, 9.17) is 9.47 Å². The Morgan fingerprint density at radius 1 is 1.02 bits per heavy atom. The number of morpholine rings is 1. The highest BCUT2D eigenvalue weighted by Crippen LogP contribution is 2.65. The molecular weight excluding hydrogens is 536 g/mol. The molecule has 4 saturated heterocycles. The van der Waals surface area contributed by atoms with Crippen LogP contribution in [-0.2, 0) is 23.9 Å². The molecule has 2 aromatic rings. The van der Waals surface area contributed by atoms with E-state index >= 15 is 0 Å². The molecule has 4 aliphatic heterocycles. The van der Waals surface area contributed by atoms with Gasteiger partial charge in [-0.05, 0) is 37.0 Å². The molecule has 0 aliphatic carbocycles. The number of aliphatic hydroxyl groups excluding tert-OH is 1. The Labute approximate surface area is 246 Å².